The highest BCUT2D eigenvalue weighted by molar-refractivity contribution is 7.89. The quantitative estimate of drug-likeness (QED) is 0.816. The molecule has 0 bridgehead atoms. The lowest BCUT2D eigenvalue weighted by atomic mass is 10.2. The van der Waals surface area contributed by atoms with Gasteiger partial charge in [0, 0.05) is 21.8 Å². The van der Waals surface area contributed by atoms with Gasteiger partial charge in [0.2, 0.25) is 10.0 Å². The largest absolute Gasteiger partial charge is 0.398 e. The summed E-state index contributed by atoms with van der Waals surface area (Å²) in [5.41, 5.74) is 6.78. The summed E-state index contributed by atoms with van der Waals surface area (Å²) in [5.74, 6) is 0. The molecule has 2 rings (SSSR count). The van der Waals surface area contributed by atoms with Crippen LogP contribution in [0.25, 0.3) is 0 Å². The minimum absolute atomic E-state index is 0.0582. The molecule has 0 saturated heterocycles. The van der Waals surface area contributed by atoms with E-state index in [0.717, 1.165) is 16.3 Å². The van der Waals surface area contributed by atoms with Crippen molar-refractivity contribution in [3.63, 3.8) is 0 Å². The monoisotopic (exact) mass is 345 g/mol. The molecule has 0 atom stereocenters. The van der Waals surface area contributed by atoms with Crippen LogP contribution in [-0.2, 0) is 23.0 Å². The van der Waals surface area contributed by atoms with E-state index in [1.807, 2.05) is 6.92 Å². The van der Waals surface area contributed by atoms with Gasteiger partial charge in [-0.05, 0) is 31.0 Å². The number of thiazole rings is 1. The Morgan fingerprint density at radius 2 is 2.14 bits per heavy atom. The highest BCUT2D eigenvalue weighted by atomic mass is 35.5. The summed E-state index contributed by atoms with van der Waals surface area (Å²) in [6.07, 6.45) is 2.64. The summed E-state index contributed by atoms with van der Waals surface area (Å²) in [6, 6.07) is 2.80. The van der Waals surface area contributed by atoms with Crippen LogP contribution >= 0.6 is 22.9 Å². The molecule has 5 nitrogen and oxygen atoms in total. The standard InChI is InChI=1S/C13H16ClN3O2S2/c1-3-9-6-16-13(20-9)7-17-21(18,19)10-4-11(14)8(2)12(15)5-10/h4-6,17H,3,7,15H2,1-2H3. The van der Waals surface area contributed by atoms with Gasteiger partial charge in [0.25, 0.3) is 0 Å². The van der Waals surface area contributed by atoms with E-state index in [-0.39, 0.29) is 11.4 Å². The molecular weight excluding hydrogens is 330 g/mol. The SMILES string of the molecule is CCc1cnc(CNS(=O)(=O)c2cc(N)c(C)c(Cl)c2)s1. The fourth-order valence-corrected chi connectivity index (χ4v) is 3.90. The van der Waals surface area contributed by atoms with E-state index >= 15 is 0 Å². The summed E-state index contributed by atoms with van der Waals surface area (Å²) >= 11 is 7.47. The number of aromatic nitrogens is 1. The molecule has 1 aromatic heterocycles. The average molecular weight is 346 g/mol. The first kappa shape index (κ1) is 16.2. The van der Waals surface area contributed by atoms with E-state index in [1.165, 1.54) is 23.5 Å². The van der Waals surface area contributed by atoms with Gasteiger partial charge in [-0.25, -0.2) is 18.1 Å². The number of rotatable bonds is 5. The number of halogens is 1. The maximum absolute atomic E-state index is 12.2. The molecule has 8 heteroatoms. The third-order valence-corrected chi connectivity index (χ3v) is 5.95. The Morgan fingerprint density at radius 3 is 2.71 bits per heavy atom. The summed E-state index contributed by atoms with van der Waals surface area (Å²) in [7, 11) is -3.67. The van der Waals surface area contributed by atoms with Crippen molar-refractivity contribution >= 4 is 38.6 Å². The van der Waals surface area contributed by atoms with E-state index in [4.69, 9.17) is 17.3 Å². The molecule has 21 heavy (non-hydrogen) atoms. The Hall–Kier alpha value is -1.15. The van der Waals surface area contributed by atoms with Crippen LogP contribution in [0.1, 0.15) is 22.4 Å². The van der Waals surface area contributed by atoms with Crippen LogP contribution in [0.2, 0.25) is 5.02 Å². The van der Waals surface area contributed by atoms with Gasteiger partial charge in [-0.1, -0.05) is 18.5 Å². The second-order valence-electron chi connectivity index (χ2n) is 4.52. The smallest absolute Gasteiger partial charge is 0.241 e. The molecule has 114 valence electrons. The molecule has 0 unspecified atom stereocenters. The number of sulfonamides is 1. The summed E-state index contributed by atoms with van der Waals surface area (Å²) in [5, 5.41) is 1.06. The Kier molecular flexibility index (Phi) is 4.88. The van der Waals surface area contributed by atoms with Crippen LogP contribution in [0.3, 0.4) is 0 Å². The highest BCUT2D eigenvalue weighted by Crippen LogP contribution is 2.26. The van der Waals surface area contributed by atoms with Crippen LogP contribution in [0.5, 0.6) is 0 Å². The zero-order valence-electron chi connectivity index (χ0n) is 11.7. The second kappa shape index (κ2) is 6.31. The van der Waals surface area contributed by atoms with Crippen LogP contribution in [-0.4, -0.2) is 13.4 Å². The summed E-state index contributed by atoms with van der Waals surface area (Å²) in [4.78, 5) is 5.35. The first-order valence-corrected chi connectivity index (χ1v) is 9.00. The first-order chi connectivity index (χ1) is 9.83. The zero-order valence-corrected chi connectivity index (χ0v) is 14.1. The Labute approximate surface area is 133 Å². The van der Waals surface area contributed by atoms with E-state index < -0.39 is 10.0 Å². The Balaban J connectivity index is 2.18. The van der Waals surface area contributed by atoms with Gasteiger partial charge in [-0.2, -0.15) is 0 Å². The number of hydrogen-bond donors (Lipinski definition) is 2. The van der Waals surface area contributed by atoms with Gasteiger partial charge in [-0.3, -0.25) is 0 Å². The number of benzene rings is 1. The van der Waals surface area contributed by atoms with E-state index in [1.54, 1.807) is 13.1 Å². The van der Waals surface area contributed by atoms with Crippen molar-refractivity contribution in [3.8, 4) is 0 Å². The normalized spacial score (nSPS) is 11.8. The average Bonchev–Trinajstić information content (AvgIpc) is 2.90. The number of nitrogen functional groups attached to an aromatic ring is 1. The van der Waals surface area contributed by atoms with Crippen molar-refractivity contribution < 1.29 is 8.42 Å². The van der Waals surface area contributed by atoms with Gasteiger partial charge in [-0.15, -0.1) is 11.3 Å². The number of nitrogens with two attached hydrogens (primary N) is 1. The maximum atomic E-state index is 12.2. The third-order valence-electron chi connectivity index (χ3n) is 3.03. The third kappa shape index (κ3) is 3.74. The molecule has 1 heterocycles. The molecule has 0 aliphatic rings. The molecule has 0 aliphatic heterocycles. The first-order valence-electron chi connectivity index (χ1n) is 6.32. The van der Waals surface area contributed by atoms with Crippen LogP contribution < -0.4 is 10.5 Å². The van der Waals surface area contributed by atoms with Crippen LogP contribution in [0, 0.1) is 6.92 Å². The number of nitrogens with zero attached hydrogens (tertiary/aromatic N) is 1. The van der Waals surface area contributed by atoms with Crippen molar-refractivity contribution in [1.29, 1.82) is 0 Å². The topological polar surface area (TPSA) is 85.1 Å². The van der Waals surface area contributed by atoms with Crippen molar-refractivity contribution in [2.45, 2.75) is 31.7 Å². The molecule has 0 saturated carbocycles. The molecule has 0 fully saturated rings. The van der Waals surface area contributed by atoms with Gasteiger partial charge in [0.05, 0.1) is 11.4 Å². The minimum atomic E-state index is -3.67. The maximum Gasteiger partial charge on any atom is 0.241 e. The van der Waals surface area contributed by atoms with Gasteiger partial charge in [0.15, 0.2) is 0 Å². The van der Waals surface area contributed by atoms with Gasteiger partial charge in [0.1, 0.15) is 5.01 Å². The van der Waals surface area contributed by atoms with Gasteiger partial charge >= 0.3 is 0 Å². The molecule has 1 aromatic carbocycles. The van der Waals surface area contributed by atoms with Crippen LogP contribution in [0.4, 0.5) is 5.69 Å². The number of nitrogens with one attached hydrogen (secondary N) is 1. The molecular formula is C13H16ClN3O2S2. The lowest BCUT2D eigenvalue weighted by Gasteiger charge is -2.09. The lowest BCUT2D eigenvalue weighted by molar-refractivity contribution is 0.581. The molecule has 3 N–H and O–H groups in total. The highest BCUT2D eigenvalue weighted by Gasteiger charge is 2.17. The molecule has 0 amide bonds. The van der Waals surface area contributed by atoms with E-state index in [2.05, 4.69) is 9.71 Å². The van der Waals surface area contributed by atoms with Crippen molar-refractivity contribution in [2.75, 3.05) is 5.73 Å². The fraction of sp³-hybridized carbons (Fsp3) is 0.308. The van der Waals surface area contributed by atoms with E-state index in [0.29, 0.717) is 16.3 Å². The Morgan fingerprint density at radius 1 is 1.43 bits per heavy atom. The lowest BCUT2D eigenvalue weighted by Crippen LogP contribution is -2.23. The number of anilines is 1. The van der Waals surface area contributed by atoms with E-state index in [9.17, 15) is 8.42 Å². The summed E-state index contributed by atoms with van der Waals surface area (Å²) in [6.45, 7) is 3.92. The summed E-state index contributed by atoms with van der Waals surface area (Å²) < 4.78 is 27.0. The zero-order chi connectivity index (χ0) is 15.6. The van der Waals surface area contributed by atoms with Crippen molar-refractivity contribution in [3.05, 3.63) is 38.8 Å². The fourth-order valence-electron chi connectivity index (χ4n) is 1.66. The van der Waals surface area contributed by atoms with Gasteiger partial charge < -0.3 is 5.73 Å². The Bertz CT molecular complexity index is 734. The predicted octanol–water partition coefficient (Wildman–Crippen LogP) is 2.73. The van der Waals surface area contributed by atoms with Crippen LogP contribution in [0.15, 0.2) is 23.2 Å². The number of aryl methyl sites for hydroxylation is 1. The molecule has 2 aromatic rings. The second-order valence-corrected chi connectivity index (χ2v) is 7.89. The number of hydrogen-bond acceptors (Lipinski definition) is 5. The molecule has 0 radical (unpaired) electrons. The van der Waals surface area contributed by atoms with Crippen molar-refractivity contribution in [1.82, 2.24) is 9.71 Å². The molecule has 0 spiro atoms. The predicted molar refractivity (Wildman–Crippen MR) is 86.1 cm³/mol. The van der Waals surface area contributed by atoms with Crippen molar-refractivity contribution in [2.24, 2.45) is 0 Å². The minimum Gasteiger partial charge on any atom is -0.398 e. The molecule has 0 aliphatic carbocycles.